The highest BCUT2D eigenvalue weighted by Gasteiger charge is 2.14. The highest BCUT2D eigenvalue weighted by atomic mass is 79.9. The van der Waals surface area contributed by atoms with Crippen molar-refractivity contribution in [2.75, 3.05) is 0 Å². The number of alkyl halides is 1. The molecule has 0 spiro atoms. The molecule has 0 radical (unpaired) electrons. The molecular formula is C15H17BrO2. The molecule has 0 fully saturated rings. The summed E-state index contributed by atoms with van der Waals surface area (Å²) in [5.41, 5.74) is 2.35. The van der Waals surface area contributed by atoms with Crippen molar-refractivity contribution < 1.29 is 9.15 Å². The quantitative estimate of drug-likeness (QED) is 0.753. The Hall–Kier alpha value is -1.22. The lowest BCUT2D eigenvalue weighted by Crippen LogP contribution is -2.05. The lowest BCUT2D eigenvalue weighted by molar-refractivity contribution is 0.242. The van der Waals surface area contributed by atoms with Gasteiger partial charge in [-0.25, -0.2) is 0 Å². The number of rotatable bonds is 4. The molecule has 1 unspecified atom stereocenters. The minimum Gasteiger partial charge on any atom is -0.491 e. The van der Waals surface area contributed by atoms with E-state index in [0.29, 0.717) is 0 Å². The minimum atomic E-state index is 0.157. The van der Waals surface area contributed by atoms with Crippen molar-refractivity contribution in [3.8, 4) is 5.75 Å². The summed E-state index contributed by atoms with van der Waals surface area (Å²) in [7, 11) is 0. The van der Waals surface area contributed by atoms with Crippen molar-refractivity contribution in [3.05, 3.63) is 53.5 Å². The van der Waals surface area contributed by atoms with E-state index in [9.17, 15) is 0 Å². The fraction of sp³-hybridized carbons (Fsp3) is 0.333. The first kappa shape index (κ1) is 13.2. The van der Waals surface area contributed by atoms with Crippen LogP contribution in [0.2, 0.25) is 0 Å². The second kappa shape index (κ2) is 5.61. The number of aryl methyl sites for hydroxylation is 1. The van der Waals surface area contributed by atoms with E-state index in [0.717, 1.165) is 17.1 Å². The van der Waals surface area contributed by atoms with E-state index in [2.05, 4.69) is 28.1 Å². The molecule has 0 aliphatic carbocycles. The molecule has 1 heterocycles. The highest BCUT2D eigenvalue weighted by Crippen LogP contribution is 2.34. The number of furan rings is 1. The summed E-state index contributed by atoms with van der Waals surface area (Å²) in [5.74, 6) is 1.84. The minimum absolute atomic E-state index is 0.157. The second-order valence-corrected chi connectivity index (χ2v) is 5.45. The monoisotopic (exact) mass is 308 g/mol. The van der Waals surface area contributed by atoms with Gasteiger partial charge in [-0.1, -0.05) is 28.1 Å². The smallest absolute Gasteiger partial charge is 0.119 e. The second-order valence-electron chi connectivity index (χ2n) is 4.53. The third-order valence-electron chi connectivity index (χ3n) is 2.72. The Morgan fingerprint density at radius 1 is 1.11 bits per heavy atom. The van der Waals surface area contributed by atoms with Gasteiger partial charge in [0.25, 0.3) is 0 Å². The average molecular weight is 309 g/mol. The molecule has 1 aromatic heterocycles. The first-order valence-electron chi connectivity index (χ1n) is 6.02. The fourth-order valence-corrected chi connectivity index (χ4v) is 2.61. The van der Waals surface area contributed by atoms with Crippen LogP contribution in [0.1, 0.15) is 35.6 Å². The SMILES string of the molecule is Cc1occc1C(Br)c1ccc(OC(C)C)cc1. The molecule has 1 aromatic carbocycles. The maximum Gasteiger partial charge on any atom is 0.119 e. The Labute approximate surface area is 116 Å². The van der Waals surface area contributed by atoms with E-state index < -0.39 is 0 Å². The maximum atomic E-state index is 5.63. The third kappa shape index (κ3) is 2.96. The zero-order valence-corrected chi connectivity index (χ0v) is 12.4. The van der Waals surface area contributed by atoms with Crippen molar-refractivity contribution in [1.82, 2.24) is 0 Å². The van der Waals surface area contributed by atoms with Crippen LogP contribution in [0.25, 0.3) is 0 Å². The molecule has 18 heavy (non-hydrogen) atoms. The van der Waals surface area contributed by atoms with Crippen LogP contribution in [0.3, 0.4) is 0 Å². The molecular weight excluding hydrogens is 292 g/mol. The highest BCUT2D eigenvalue weighted by molar-refractivity contribution is 9.09. The molecule has 0 bridgehead atoms. The molecule has 0 saturated heterocycles. The summed E-state index contributed by atoms with van der Waals surface area (Å²) in [6.45, 7) is 6.02. The standard InChI is InChI=1S/C15H17BrO2/c1-10(2)18-13-6-4-12(5-7-13)15(16)14-8-9-17-11(14)3/h4-10,15H,1-3H3. The van der Waals surface area contributed by atoms with Crippen LogP contribution in [-0.4, -0.2) is 6.10 Å². The van der Waals surface area contributed by atoms with Crippen molar-refractivity contribution in [1.29, 1.82) is 0 Å². The van der Waals surface area contributed by atoms with Crippen molar-refractivity contribution in [2.45, 2.75) is 31.7 Å². The van der Waals surface area contributed by atoms with Crippen LogP contribution < -0.4 is 4.74 Å². The molecule has 2 nitrogen and oxygen atoms in total. The lowest BCUT2D eigenvalue weighted by Gasteiger charge is -2.12. The topological polar surface area (TPSA) is 22.4 Å². The van der Waals surface area contributed by atoms with E-state index >= 15 is 0 Å². The zero-order valence-electron chi connectivity index (χ0n) is 10.8. The molecule has 0 amide bonds. The van der Waals surface area contributed by atoms with Crippen LogP contribution >= 0.6 is 15.9 Å². The number of hydrogen-bond acceptors (Lipinski definition) is 2. The molecule has 0 saturated carbocycles. The number of halogens is 1. The van der Waals surface area contributed by atoms with Gasteiger partial charge in [0, 0.05) is 5.56 Å². The van der Waals surface area contributed by atoms with Gasteiger partial charge in [-0.3, -0.25) is 0 Å². The van der Waals surface area contributed by atoms with Gasteiger partial charge in [-0.05, 0) is 44.5 Å². The number of hydrogen-bond donors (Lipinski definition) is 0. The van der Waals surface area contributed by atoms with Gasteiger partial charge >= 0.3 is 0 Å². The molecule has 0 aliphatic rings. The average Bonchev–Trinajstić information content (AvgIpc) is 2.75. The molecule has 0 aliphatic heterocycles. The van der Waals surface area contributed by atoms with Gasteiger partial charge in [0.05, 0.1) is 17.2 Å². The summed E-state index contributed by atoms with van der Waals surface area (Å²) in [4.78, 5) is 0.157. The Balaban J connectivity index is 2.17. The summed E-state index contributed by atoms with van der Waals surface area (Å²) in [5, 5.41) is 0. The van der Waals surface area contributed by atoms with Gasteiger partial charge in [0.15, 0.2) is 0 Å². The van der Waals surface area contributed by atoms with E-state index in [4.69, 9.17) is 9.15 Å². The van der Waals surface area contributed by atoms with Gasteiger partial charge < -0.3 is 9.15 Å². The summed E-state index contributed by atoms with van der Waals surface area (Å²) in [6.07, 6.45) is 1.92. The normalized spacial score (nSPS) is 12.7. The first-order chi connectivity index (χ1) is 8.58. The van der Waals surface area contributed by atoms with E-state index in [1.54, 1.807) is 6.26 Å². The first-order valence-corrected chi connectivity index (χ1v) is 6.94. The van der Waals surface area contributed by atoms with Crippen molar-refractivity contribution >= 4 is 15.9 Å². The van der Waals surface area contributed by atoms with Crippen LogP contribution in [0.5, 0.6) is 5.75 Å². The summed E-state index contributed by atoms with van der Waals surface area (Å²) >= 11 is 3.70. The van der Waals surface area contributed by atoms with Gasteiger partial charge in [0.2, 0.25) is 0 Å². The number of benzene rings is 1. The summed E-state index contributed by atoms with van der Waals surface area (Å²) < 4.78 is 11.0. The lowest BCUT2D eigenvalue weighted by atomic mass is 10.1. The maximum absolute atomic E-state index is 5.63. The van der Waals surface area contributed by atoms with Crippen molar-refractivity contribution in [2.24, 2.45) is 0 Å². The molecule has 96 valence electrons. The van der Waals surface area contributed by atoms with Crippen LogP contribution in [-0.2, 0) is 0 Å². The summed E-state index contributed by atoms with van der Waals surface area (Å²) in [6, 6.07) is 10.1. The Kier molecular flexibility index (Phi) is 4.12. The number of ether oxygens (including phenoxy) is 1. The van der Waals surface area contributed by atoms with Gasteiger partial charge in [-0.15, -0.1) is 0 Å². The molecule has 1 atom stereocenters. The van der Waals surface area contributed by atoms with E-state index in [-0.39, 0.29) is 10.9 Å². The predicted molar refractivity (Wildman–Crippen MR) is 76.4 cm³/mol. The van der Waals surface area contributed by atoms with Crippen LogP contribution in [0, 0.1) is 6.92 Å². The van der Waals surface area contributed by atoms with E-state index in [1.165, 1.54) is 5.56 Å². The van der Waals surface area contributed by atoms with Crippen molar-refractivity contribution in [3.63, 3.8) is 0 Å². The largest absolute Gasteiger partial charge is 0.491 e. The molecule has 2 aromatic rings. The third-order valence-corrected chi connectivity index (χ3v) is 3.74. The Morgan fingerprint density at radius 2 is 1.78 bits per heavy atom. The molecule has 0 N–H and O–H groups in total. The Bertz CT molecular complexity index is 499. The van der Waals surface area contributed by atoms with Gasteiger partial charge in [0.1, 0.15) is 11.5 Å². The fourth-order valence-electron chi connectivity index (χ4n) is 1.82. The van der Waals surface area contributed by atoms with Crippen LogP contribution in [0.15, 0.2) is 41.0 Å². The van der Waals surface area contributed by atoms with E-state index in [1.807, 2.05) is 39.0 Å². The van der Waals surface area contributed by atoms with Crippen LogP contribution in [0.4, 0.5) is 0 Å². The molecule has 2 rings (SSSR count). The predicted octanol–water partition coefficient (Wildman–Crippen LogP) is 4.86. The zero-order chi connectivity index (χ0) is 13.1. The molecule has 3 heteroatoms. The Morgan fingerprint density at radius 3 is 2.28 bits per heavy atom. The van der Waals surface area contributed by atoms with Gasteiger partial charge in [-0.2, -0.15) is 0 Å².